The number of benzene rings is 3. The lowest BCUT2D eigenvalue weighted by atomic mass is 9.84. The van der Waals surface area contributed by atoms with Crippen molar-refractivity contribution in [3.05, 3.63) is 99.5 Å². The zero-order valence-corrected chi connectivity index (χ0v) is 14.9. The summed E-state index contributed by atoms with van der Waals surface area (Å²) in [5, 5.41) is 3.43. The molecule has 0 saturated heterocycles. The van der Waals surface area contributed by atoms with Crippen LogP contribution in [0.5, 0.6) is 0 Å². The second-order valence-corrected chi connectivity index (χ2v) is 6.69. The van der Waals surface area contributed by atoms with Crippen LogP contribution < -0.4 is 5.32 Å². The zero-order chi connectivity index (χ0) is 18.0. The van der Waals surface area contributed by atoms with Crippen LogP contribution in [0.2, 0.25) is 10.0 Å². The van der Waals surface area contributed by atoms with Gasteiger partial charge in [0.05, 0.1) is 15.6 Å². The summed E-state index contributed by atoms with van der Waals surface area (Å²) in [6.07, 6.45) is 0. The fourth-order valence-corrected chi connectivity index (χ4v) is 2.97. The molecule has 0 atom stereocenters. The minimum Gasteiger partial charge on any atom is -0.372 e. The highest BCUT2D eigenvalue weighted by molar-refractivity contribution is 6.31. The maximum atomic E-state index is 14.1. The van der Waals surface area contributed by atoms with E-state index < -0.39 is 17.2 Å². The fraction of sp³-hybridized carbons (Fsp3) is 0.100. The van der Waals surface area contributed by atoms with E-state index in [1.54, 1.807) is 12.1 Å². The predicted molar refractivity (Wildman–Crippen MR) is 99.3 cm³/mol. The van der Waals surface area contributed by atoms with Crippen molar-refractivity contribution in [1.29, 1.82) is 0 Å². The molecule has 5 heteroatoms. The summed E-state index contributed by atoms with van der Waals surface area (Å²) < 4.78 is 28.1. The first-order chi connectivity index (χ1) is 11.9. The Kier molecular flexibility index (Phi) is 4.98. The Hall–Kier alpha value is -2.10. The third-order valence-electron chi connectivity index (χ3n) is 4.16. The Morgan fingerprint density at radius 3 is 1.68 bits per heavy atom. The van der Waals surface area contributed by atoms with Crippen molar-refractivity contribution in [2.45, 2.75) is 12.5 Å². The molecule has 0 spiro atoms. The fourth-order valence-electron chi connectivity index (χ4n) is 2.74. The lowest BCUT2D eigenvalue weighted by Crippen LogP contribution is -2.33. The Balaban J connectivity index is 2.15. The van der Waals surface area contributed by atoms with E-state index >= 15 is 0 Å². The van der Waals surface area contributed by atoms with E-state index in [-0.39, 0.29) is 10.0 Å². The van der Waals surface area contributed by atoms with Gasteiger partial charge in [-0.1, -0.05) is 53.5 Å². The third kappa shape index (κ3) is 3.63. The molecule has 0 radical (unpaired) electrons. The Bertz CT molecular complexity index is 846. The molecule has 0 aliphatic rings. The van der Waals surface area contributed by atoms with Crippen LogP contribution in [0.25, 0.3) is 0 Å². The molecule has 0 aromatic heterocycles. The van der Waals surface area contributed by atoms with Gasteiger partial charge < -0.3 is 5.32 Å². The minimum absolute atomic E-state index is 0.0353. The van der Waals surface area contributed by atoms with Crippen LogP contribution in [0.1, 0.15) is 18.1 Å². The molecule has 0 unspecified atom stereocenters. The topological polar surface area (TPSA) is 12.0 Å². The molecule has 3 aromatic carbocycles. The molecule has 0 aliphatic carbocycles. The monoisotopic (exact) mass is 377 g/mol. The molecule has 0 fully saturated rings. The van der Waals surface area contributed by atoms with Crippen LogP contribution in [0.15, 0.2) is 66.7 Å². The quantitative estimate of drug-likeness (QED) is 0.536. The number of rotatable bonds is 4. The highest BCUT2D eigenvalue weighted by Crippen LogP contribution is 2.36. The van der Waals surface area contributed by atoms with Crippen LogP contribution in [-0.4, -0.2) is 0 Å². The van der Waals surface area contributed by atoms with Crippen molar-refractivity contribution >= 4 is 28.9 Å². The van der Waals surface area contributed by atoms with Gasteiger partial charge in [-0.2, -0.15) is 0 Å². The molecular formula is C20H15Cl2F2N. The SMILES string of the molecule is CC(Nc1ccccc1)(c1ccc(Cl)c(F)c1)c1ccc(Cl)c(F)c1. The van der Waals surface area contributed by atoms with E-state index in [2.05, 4.69) is 5.32 Å². The first-order valence-electron chi connectivity index (χ1n) is 7.64. The average Bonchev–Trinajstić information content (AvgIpc) is 2.60. The summed E-state index contributed by atoms with van der Waals surface area (Å²) in [5.41, 5.74) is 1.15. The molecule has 3 rings (SSSR count). The molecule has 0 amide bonds. The number of anilines is 1. The van der Waals surface area contributed by atoms with Gasteiger partial charge >= 0.3 is 0 Å². The molecule has 0 bridgehead atoms. The lowest BCUT2D eigenvalue weighted by Gasteiger charge is -2.33. The van der Waals surface area contributed by atoms with Gasteiger partial charge in [0.2, 0.25) is 0 Å². The maximum Gasteiger partial charge on any atom is 0.142 e. The second kappa shape index (κ2) is 7.03. The van der Waals surface area contributed by atoms with Crippen molar-refractivity contribution in [3.63, 3.8) is 0 Å². The first kappa shape index (κ1) is 17.7. The van der Waals surface area contributed by atoms with Crippen molar-refractivity contribution in [1.82, 2.24) is 0 Å². The molecule has 1 nitrogen and oxygen atoms in total. The van der Waals surface area contributed by atoms with E-state index in [1.807, 2.05) is 37.3 Å². The van der Waals surface area contributed by atoms with E-state index in [1.165, 1.54) is 24.3 Å². The van der Waals surface area contributed by atoms with E-state index in [0.29, 0.717) is 11.1 Å². The first-order valence-corrected chi connectivity index (χ1v) is 8.40. The van der Waals surface area contributed by atoms with Gasteiger partial charge in [-0.05, 0) is 54.4 Å². The second-order valence-electron chi connectivity index (χ2n) is 5.87. The smallest absolute Gasteiger partial charge is 0.142 e. The van der Waals surface area contributed by atoms with Gasteiger partial charge in [-0.15, -0.1) is 0 Å². The molecule has 1 N–H and O–H groups in total. The molecule has 0 aliphatic heterocycles. The van der Waals surface area contributed by atoms with Crippen LogP contribution in [0.3, 0.4) is 0 Å². The van der Waals surface area contributed by atoms with Gasteiger partial charge in [0.25, 0.3) is 0 Å². The lowest BCUT2D eigenvalue weighted by molar-refractivity contribution is 0.596. The number of nitrogens with one attached hydrogen (secondary N) is 1. The summed E-state index contributed by atoms with van der Waals surface area (Å²) in [4.78, 5) is 0. The van der Waals surface area contributed by atoms with Gasteiger partial charge in [0.1, 0.15) is 11.6 Å². The van der Waals surface area contributed by atoms with Crippen molar-refractivity contribution in [3.8, 4) is 0 Å². The normalized spacial score (nSPS) is 11.4. The molecular weight excluding hydrogens is 363 g/mol. The number of halogens is 4. The molecule has 128 valence electrons. The minimum atomic E-state index is -0.891. The Morgan fingerprint density at radius 2 is 1.24 bits per heavy atom. The van der Waals surface area contributed by atoms with Gasteiger partial charge in [0.15, 0.2) is 0 Å². The zero-order valence-electron chi connectivity index (χ0n) is 13.4. The van der Waals surface area contributed by atoms with E-state index in [0.717, 1.165) is 5.69 Å². The summed E-state index contributed by atoms with van der Waals surface area (Å²) >= 11 is 11.6. The summed E-state index contributed by atoms with van der Waals surface area (Å²) in [5.74, 6) is -1.07. The molecule has 0 heterocycles. The van der Waals surface area contributed by atoms with Crippen LogP contribution in [-0.2, 0) is 5.54 Å². The average molecular weight is 378 g/mol. The highest BCUT2D eigenvalue weighted by atomic mass is 35.5. The summed E-state index contributed by atoms with van der Waals surface area (Å²) in [7, 11) is 0. The van der Waals surface area contributed by atoms with Crippen molar-refractivity contribution in [2.75, 3.05) is 5.32 Å². The van der Waals surface area contributed by atoms with E-state index in [9.17, 15) is 8.78 Å². The standard InChI is InChI=1S/C20H15Cl2F2N/c1-20(25-15-5-3-2-4-6-15,13-7-9-16(21)18(23)11-13)14-8-10-17(22)19(24)12-14/h2-12,25H,1H3. The number of para-hydroxylation sites is 1. The third-order valence-corrected chi connectivity index (χ3v) is 4.78. The molecule has 3 aromatic rings. The highest BCUT2D eigenvalue weighted by Gasteiger charge is 2.30. The van der Waals surface area contributed by atoms with Crippen molar-refractivity contribution < 1.29 is 8.78 Å². The van der Waals surface area contributed by atoms with Gasteiger partial charge in [-0.25, -0.2) is 8.78 Å². The number of hydrogen-bond acceptors (Lipinski definition) is 1. The predicted octanol–water partition coefficient (Wildman–Crippen LogP) is 6.65. The molecule has 0 saturated carbocycles. The van der Waals surface area contributed by atoms with Gasteiger partial charge in [0, 0.05) is 5.69 Å². The van der Waals surface area contributed by atoms with Gasteiger partial charge in [-0.3, -0.25) is 0 Å². The van der Waals surface area contributed by atoms with Crippen molar-refractivity contribution in [2.24, 2.45) is 0 Å². The van der Waals surface area contributed by atoms with Crippen LogP contribution in [0, 0.1) is 11.6 Å². The summed E-state index contributed by atoms with van der Waals surface area (Å²) in [6, 6.07) is 18.5. The number of hydrogen-bond donors (Lipinski definition) is 1. The molecule has 25 heavy (non-hydrogen) atoms. The van der Waals surface area contributed by atoms with E-state index in [4.69, 9.17) is 23.2 Å². The Labute approximate surface area is 155 Å². The van der Waals surface area contributed by atoms with Crippen LogP contribution in [0.4, 0.5) is 14.5 Å². The summed E-state index contributed by atoms with van der Waals surface area (Å²) in [6.45, 7) is 1.85. The maximum absolute atomic E-state index is 14.1. The largest absolute Gasteiger partial charge is 0.372 e. The van der Waals surface area contributed by atoms with Crippen LogP contribution >= 0.6 is 23.2 Å². The Morgan fingerprint density at radius 1 is 0.760 bits per heavy atom.